The van der Waals surface area contributed by atoms with Gasteiger partial charge in [-0.05, 0) is 24.4 Å². The van der Waals surface area contributed by atoms with E-state index in [2.05, 4.69) is 15.2 Å². The van der Waals surface area contributed by atoms with Crippen molar-refractivity contribution in [3.8, 4) is 11.6 Å². The first-order chi connectivity index (χ1) is 5.86. The van der Waals surface area contributed by atoms with E-state index in [0.29, 0.717) is 11.6 Å². The third-order valence-corrected chi connectivity index (χ3v) is 1.50. The van der Waals surface area contributed by atoms with Gasteiger partial charge in [-0.3, -0.25) is 4.98 Å². The molecular formula is C7H6KN3OS. The van der Waals surface area contributed by atoms with Crippen molar-refractivity contribution < 1.29 is 57.2 Å². The molecule has 2 aromatic heterocycles. The summed E-state index contributed by atoms with van der Waals surface area (Å²) in [7, 11) is 0. The maximum atomic E-state index is 5.06. The fourth-order valence-corrected chi connectivity index (χ4v) is 0.953. The predicted molar refractivity (Wildman–Crippen MR) is 46.0 cm³/mol. The molecule has 6 heteroatoms. The molecular weight excluding hydrogens is 213 g/mol. The molecule has 0 bridgehead atoms. The third-order valence-electron chi connectivity index (χ3n) is 1.32. The monoisotopic (exact) mass is 219 g/mol. The molecule has 62 valence electrons. The van der Waals surface area contributed by atoms with E-state index in [0.717, 1.165) is 0 Å². The Labute approximate surface area is 124 Å². The summed E-state index contributed by atoms with van der Waals surface area (Å²) in [5, 5.41) is 6.35. The molecule has 0 spiro atoms. The second-order valence-electron chi connectivity index (χ2n) is 2.13. The Morgan fingerprint density at radius 2 is 2.31 bits per heavy atom. The van der Waals surface area contributed by atoms with Gasteiger partial charge in [-0.2, -0.15) is 0 Å². The Hall–Kier alpha value is 0.146. The summed E-state index contributed by atoms with van der Waals surface area (Å²) >= 11 is 4.72. The molecule has 0 saturated heterocycles. The van der Waals surface area contributed by atoms with E-state index in [1.165, 1.54) is 0 Å². The zero-order valence-electron chi connectivity index (χ0n) is 8.02. The van der Waals surface area contributed by atoms with Crippen molar-refractivity contribution in [3.05, 3.63) is 29.2 Å². The van der Waals surface area contributed by atoms with Crippen LogP contribution in [-0.4, -0.2) is 15.2 Å². The number of rotatable bonds is 1. The molecule has 13 heavy (non-hydrogen) atoms. The topological polar surface area (TPSA) is 54.7 Å². The Morgan fingerprint density at radius 1 is 1.46 bits per heavy atom. The first-order valence-corrected chi connectivity index (χ1v) is 3.74. The van der Waals surface area contributed by atoms with Gasteiger partial charge in [-0.1, -0.05) is 6.07 Å². The fraction of sp³-hybridized carbons (Fsp3) is 0. The molecule has 0 aliphatic heterocycles. The molecule has 0 atom stereocenters. The van der Waals surface area contributed by atoms with Crippen LogP contribution in [0.1, 0.15) is 1.43 Å². The molecule has 0 unspecified atom stereocenters. The summed E-state index contributed by atoms with van der Waals surface area (Å²) in [6, 6.07) is 5.48. The van der Waals surface area contributed by atoms with Crippen molar-refractivity contribution in [2.24, 2.45) is 0 Å². The van der Waals surface area contributed by atoms with Crippen molar-refractivity contribution in [1.29, 1.82) is 0 Å². The van der Waals surface area contributed by atoms with E-state index >= 15 is 0 Å². The first kappa shape index (κ1) is 11.2. The number of hydrogen-bond donors (Lipinski definition) is 1. The van der Waals surface area contributed by atoms with Crippen molar-refractivity contribution in [2.75, 3.05) is 0 Å². The van der Waals surface area contributed by atoms with Gasteiger partial charge in [0.2, 0.25) is 0 Å². The van der Waals surface area contributed by atoms with Crippen LogP contribution < -0.4 is 51.4 Å². The summed E-state index contributed by atoms with van der Waals surface area (Å²) in [5.41, 5.74) is 0.671. The average Bonchev–Trinajstić information content (AvgIpc) is 2.54. The number of pyridine rings is 1. The molecule has 0 aromatic carbocycles. The van der Waals surface area contributed by atoms with Crippen molar-refractivity contribution in [3.63, 3.8) is 0 Å². The molecule has 0 amide bonds. The van der Waals surface area contributed by atoms with Crippen LogP contribution in [0, 0.1) is 4.84 Å². The second kappa shape index (κ2) is 5.13. The van der Waals surface area contributed by atoms with Gasteiger partial charge < -0.3 is 5.84 Å². The van der Waals surface area contributed by atoms with Gasteiger partial charge in [0, 0.05) is 6.20 Å². The van der Waals surface area contributed by atoms with E-state index in [9.17, 15) is 0 Å². The van der Waals surface area contributed by atoms with Crippen LogP contribution in [0.2, 0.25) is 0 Å². The minimum atomic E-state index is 0. The number of aromatic amines is 1. The van der Waals surface area contributed by atoms with Crippen molar-refractivity contribution in [2.45, 2.75) is 0 Å². The molecule has 0 radical (unpaired) electrons. The number of hydrogen-bond acceptors (Lipinski definition) is 4. The van der Waals surface area contributed by atoms with Crippen LogP contribution in [0.4, 0.5) is 0 Å². The van der Waals surface area contributed by atoms with Gasteiger partial charge in [0.05, 0.1) is 0 Å². The van der Waals surface area contributed by atoms with Crippen molar-refractivity contribution >= 4 is 12.2 Å². The summed E-state index contributed by atoms with van der Waals surface area (Å²) < 4.78 is 5.06. The molecule has 0 saturated carbocycles. The summed E-state index contributed by atoms with van der Waals surface area (Å²) in [4.78, 5) is 4.30. The maximum absolute atomic E-state index is 5.06. The van der Waals surface area contributed by atoms with E-state index in [1.807, 2.05) is 12.1 Å². The molecule has 2 aromatic rings. The van der Waals surface area contributed by atoms with E-state index in [1.54, 1.807) is 12.3 Å². The van der Waals surface area contributed by atoms with Crippen LogP contribution in [0.3, 0.4) is 0 Å². The zero-order valence-corrected chi connectivity index (χ0v) is 11.0. The van der Waals surface area contributed by atoms with E-state index < -0.39 is 0 Å². The van der Waals surface area contributed by atoms with E-state index in [-0.39, 0.29) is 57.6 Å². The van der Waals surface area contributed by atoms with Crippen LogP contribution >= 0.6 is 12.2 Å². The van der Waals surface area contributed by atoms with Crippen LogP contribution in [0.5, 0.6) is 0 Å². The van der Waals surface area contributed by atoms with Gasteiger partial charge in [0.1, 0.15) is 5.69 Å². The number of nitrogens with one attached hydrogen (secondary N) is 1. The second-order valence-corrected chi connectivity index (χ2v) is 2.50. The van der Waals surface area contributed by atoms with Gasteiger partial charge >= 0.3 is 51.4 Å². The minimum absolute atomic E-state index is 0. The Morgan fingerprint density at radius 3 is 2.85 bits per heavy atom. The van der Waals surface area contributed by atoms with Gasteiger partial charge in [0.15, 0.2) is 0 Å². The van der Waals surface area contributed by atoms with Crippen LogP contribution in [-0.2, 0) is 0 Å². The van der Waals surface area contributed by atoms with Crippen LogP contribution in [0.15, 0.2) is 28.8 Å². The molecule has 0 aliphatic carbocycles. The largest absolute Gasteiger partial charge is 1.00 e. The molecule has 1 N–H and O–H groups in total. The number of H-pyrrole nitrogens is 1. The van der Waals surface area contributed by atoms with Crippen molar-refractivity contribution in [1.82, 2.24) is 15.2 Å². The number of nitrogens with zero attached hydrogens (tertiary/aromatic N) is 2. The molecule has 2 rings (SSSR count). The average molecular weight is 219 g/mol. The standard InChI is InChI=1S/C7H5N3OS.K.H/c12-7-10-9-6(11-7)5-3-1-2-4-8-5;;/h1-4H,(H,10,12);;/q;+1;-1. The maximum Gasteiger partial charge on any atom is 1.00 e. The van der Waals surface area contributed by atoms with Gasteiger partial charge in [-0.15, -0.1) is 5.10 Å². The molecule has 0 aliphatic rings. The normalized spacial score (nSPS) is 9.23. The predicted octanol–water partition coefficient (Wildman–Crippen LogP) is -1.09. The quantitative estimate of drug-likeness (QED) is 0.489. The van der Waals surface area contributed by atoms with Gasteiger partial charge in [-0.25, -0.2) is 5.10 Å². The Bertz CT molecular complexity index is 430. The smallest absolute Gasteiger partial charge is 1.00 e. The minimum Gasteiger partial charge on any atom is -1.00 e. The SMILES string of the molecule is S=c1[nH]nc(-c2ccccn2)o1.[H-].[K+]. The Balaban J connectivity index is 0.000000845. The third kappa shape index (κ3) is 2.80. The molecule has 2 heterocycles. The number of aromatic nitrogens is 3. The van der Waals surface area contributed by atoms with Gasteiger partial charge in [0.25, 0.3) is 10.7 Å². The molecule has 0 fully saturated rings. The zero-order chi connectivity index (χ0) is 8.39. The van der Waals surface area contributed by atoms with Crippen LogP contribution in [0.25, 0.3) is 11.6 Å². The molecule has 4 nitrogen and oxygen atoms in total. The summed E-state index contributed by atoms with van der Waals surface area (Å²) in [5.74, 6) is 0.417. The first-order valence-electron chi connectivity index (χ1n) is 3.33. The summed E-state index contributed by atoms with van der Waals surface area (Å²) in [6.45, 7) is 0. The van der Waals surface area contributed by atoms with E-state index in [4.69, 9.17) is 16.6 Å². The Kier molecular flexibility index (Phi) is 4.43. The fourth-order valence-electron chi connectivity index (χ4n) is 0.829. The summed E-state index contributed by atoms with van der Waals surface area (Å²) in [6.07, 6.45) is 1.67.